The number of urea groups is 1. The fourth-order valence-corrected chi connectivity index (χ4v) is 3.41. The third-order valence-corrected chi connectivity index (χ3v) is 4.76. The molecule has 0 aliphatic carbocycles. The molecule has 2 amide bonds. The van der Waals surface area contributed by atoms with Crippen LogP contribution in [0, 0.1) is 5.92 Å². The average molecular weight is 360 g/mol. The maximum absolute atomic E-state index is 12.8. The average Bonchev–Trinajstić information content (AvgIpc) is 3.20. The molecule has 1 fully saturated rings. The molecule has 6 nitrogen and oxygen atoms in total. The summed E-state index contributed by atoms with van der Waals surface area (Å²) in [5.41, 5.74) is -0.842. The Bertz CT molecular complexity index is 611. The SMILES string of the molecule is CN(C[C@@H]1CCc2nc(C(F)(F)F)cn2C1)C(=O)NC[C@@H]1CCCO1. The van der Waals surface area contributed by atoms with Crippen molar-refractivity contribution >= 4 is 6.03 Å². The van der Waals surface area contributed by atoms with Crippen LogP contribution in [0.4, 0.5) is 18.0 Å². The summed E-state index contributed by atoms with van der Waals surface area (Å²) in [4.78, 5) is 17.4. The second kappa shape index (κ2) is 7.23. The first kappa shape index (κ1) is 18.0. The predicted molar refractivity (Wildman–Crippen MR) is 84.0 cm³/mol. The van der Waals surface area contributed by atoms with E-state index in [1.165, 1.54) is 0 Å². The number of carbonyl (C=O) groups excluding carboxylic acids is 1. The summed E-state index contributed by atoms with van der Waals surface area (Å²) in [6.07, 6.45) is -0.0774. The lowest BCUT2D eigenvalue weighted by Crippen LogP contribution is -2.43. The molecule has 2 atom stereocenters. The number of halogens is 3. The zero-order chi connectivity index (χ0) is 18.0. The molecule has 140 valence electrons. The van der Waals surface area contributed by atoms with Gasteiger partial charge in [0.15, 0.2) is 5.69 Å². The standard InChI is InChI=1S/C16H23F3N4O2/c1-22(15(24)20-7-12-3-2-6-25-12)8-11-4-5-14-21-13(16(17,18)19)10-23(14)9-11/h10-12H,2-9H2,1H3,(H,20,24)/t11-,12-/m0/s1. The molecule has 1 N–H and O–H groups in total. The molecule has 25 heavy (non-hydrogen) atoms. The Morgan fingerprint density at radius 2 is 2.28 bits per heavy atom. The number of nitrogens with zero attached hydrogens (tertiary/aromatic N) is 3. The highest BCUT2D eigenvalue weighted by Crippen LogP contribution is 2.30. The van der Waals surface area contributed by atoms with E-state index in [9.17, 15) is 18.0 Å². The molecule has 2 aliphatic heterocycles. The minimum Gasteiger partial charge on any atom is -0.376 e. The lowest BCUT2D eigenvalue weighted by molar-refractivity contribution is -0.141. The zero-order valence-electron chi connectivity index (χ0n) is 14.2. The molecule has 1 saturated heterocycles. The Balaban J connectivity index is 1.50. The molecule has 9 heteroatoms. The van der Waals surface area contributed by atoms with Crippen molar-refractivity contribution in [3.8, 4) is 0 Å². The van der Waals surface area contributed by atoms with Gasteiger partial charge in [-0.25, -0.2) is 9.78 Å². The van der Waals surface area contributed by atoms with Crippen molar-refractivity contribution in [2.75, 3.05) is 26.7 Å². The van der Waals surface area contributed by atoms with Crippen molar-refractivity contribution in [2.24, 2.45) is 5.92 Å². The van der Waals surface area contributed by atoms with E-state index in [0.717, 1.165) is 32.1 Å². The highest BCUT2D eigenvalue weighted by atomic mass is 19.4. The first-order chi connectivity index (χ1) is 11.8. The molecule has 0 radical (unpaired) electrons. The van der Waals surface area contributed by atoms with Gasteiger partial charge in [-0.2, -0.15) is 13.2 Å². The van der Waals surface area contributed by atoms with Gasteiger partial charge in [0.05, 0.1) is 6.10 Å². The number of imidazole rings is 1. The Hall–Kier alpha value is -1.77. The summed E-state index contributed by atoms with van der Waals surface area (Å²) in [7, 11) is 1.70. The number of amides is 2. The third kappa shape index (κ3) is 4.45. The normalized spacial score (nSPS) is 23.4. The fraction of sp³-hybridized carbons (Fsp3) is 0.750. The minimum atomic E-state index is -4.42. The summed E-state index contributed by atoms with van der Waals surface area (Å²) < 4.78 is 45.3. The van der Waals surface area contributed by atoms with Gasteiger partial charge in [0.2, 0.25) is 0 Å². The van der Waals surface area contributed by atoms with E-state index in [1.54, 1.807) is 16.5 Å². The van der Waals surface area contributed by atoms with Gasteiger partial charge in [0.1, 0.15) is 5.82 Å². The summed E-state index contributed by atoms with van der Waals surface area (Å²) in [6, 6.07) is -0.178. The van der Waals surface area contributed by atoms with Crippen LogP contribution >= 0.6 is 0 Å². The number of aromatic nitrogens is 2. The number of hydrogen-bond acceptors (Lipinski definition) is 3. The van der Waals surface area contributed by atoms with Gasteiger partial charge >= 0.3 is 12.2 Å². The lowest BCUT2D eigenvalue weighted by atomic mass is 9.99. The summed E-state index contributed by atoms with van der Waals surface area (Å²) >= 11 is 0. The van der Waals surface area contributed by atoms with E-state index in [4.69, 9.17) is 4.74 Å². The number of carbonyl (C=O) groups is 1. The van der Waals surface area contributed by atoms with Gasteiger partial charge in [-0.15, -0.1) is 0 Å². The van der Waals surface area contributed by atoms with Crippen LogP contribution in [0.3, 0.4) is 0 Å². The Kier molecular flexibility index (Phi) is 5.21. The Morgan fingerprint density at radius 1 is 1.48 bits per heavy atom. The molecular weight excluding hydrogens is 337 g/mol. The predicted octanol–water partition coefficient (Wildman–Crippen LogP) is 2.28. The van der Waals surface area contributed by atoms with Crippen LogP contribution in [0.1, 0.15) is 30.8 Å². The largest absolute Gasteiger partial charge is 0.434 e. The number of hydrogen-bond donors (Lipinski definition) is 1. The van der Waals surface area contributed by atoms with E-state index in [0.29, 0.717) is 31.9 Å². The highest BCUT2D eigenvalue weighted by Gasteiger charge is 2.36. The monoisotopic (exact) mass is 360 g/mol. The molecule has 0 spiro atoms. The topological polar surface area (TPSA) is 59.4 Å². The van der Waals surface area contributed by atoms with Gasteiger partial charge in [0.25, 0.3) is 0 Å². The van der Waals surface area contributed by atoms with Crippen LogP contribution in [0.5, 0.6) is 0 Å². The van der Waals surface area contributed by atoms with Crippen molar-refractivity contribution in [1.82, 2.24) is 19.8 Å². The quantitative estimate of drug-likeness (QED) is 0.896. The van der Waals surface area contributed by atoms with Crippen molar-refractivity contribution < 1.29 is 22.7 Å². The van der Waals surface area contributed by atoms with E-state index < -0.39 is 11.9 Å². The molecule has 0 aromatic carbocycles. The van der Waals surface area contributed by atoms with Gasteiger partial charge < -0.3 is 19.5 Å². The van der Waals surface area contributed by atoms with E-state index in [1.807, 2.05) is 0 Å². The Labute approximate surface area is 144 Å². The van der Waals surface area contributed by atoms with E-state index in [2.05, 4.69) is 10.3 Å². The smallest absolute Gasteiger partial charge is 0.376 e. The Morgan fingerprint density at radius 3 is 2.96 bits per heavy atom. The van der Waals surface area contributed by atoms with Crippen LogP contribution in [-0.4, -0.2) is 53.3 Å². The number of nitrogens with one attached hydrogen (secondary N) is 1. The molecule has 2 aliphatic rings. The lowest BCUT2D eigenvalue weighted by Gasteiger charge is -2.28. The van der Waals surface area contributed by atoms with Crippen LogP contribution in [0.2, 0.25) is 0 Å². The molecular formula is C16H23F3N4O2. The van der Waals surface area contributed by atoms with Gasteiger partial charge in [0, 0.05) is 45.9 Å². The van der Waals surface area contributed by atoms with Crippen molar-refractivity contribution in [2.45, 2.75) is 44.5 Å². The number of fused-ring (bicyclic) bond motifs is 1. The maximum atomic E-state index is 12.8. The van der Waals surface area contributed by atoms with Crippen LogP contribution in [0.15, 0.2) is 6.20 Å². The summed E-state index contributed by atoms with van der Waals surface area (Å²) in [5, 5.41) is 2.85. The molecule has 3 heterocycles. The van der Waals surface area contributed by atoms with Crippen LogP contribution in [0.25, 0.3) is 0 Å². The molecule has 0 saturated carbocycles. The third-order valence-electron chi connectivity index (χ3n) is 4.76. The molecule has 0 unspecified atom stereocenters. The number of alkyl halides is 3. The second-order valence-corrected chi connectivity index (χ2v) is 6.80. The number of ether oxygens (including phenoxy) is 1. The first-order valence-electron chi connectivity index (χ1n) is 8.56. The van der Waals surface area contributed by atoms with Gasteiger partial charge in [-0.3, -0.25) is 0 Å². The summed E-state index contributed by atoms with van der Waals surface area (Å²) in [6.45, 7) is 2.18. The van der Waals surface area contributed by atoms with E-state index in [-0.39, 0.29) is 18.1 Å². The molecule has 1 aromatic heterocycles. The summed E-state index contributed by atoms with van der Waals surface area (Å²) in [5.74, 6) is 0.579. The number of rotatable bonds is 4. The molecule has 3 rings (SSSR count). The van der Waals surface area contributed by atoms with Crippen LogP contribution < -0.4 is 5.32 Å². The van der Waals surface area contributed by atoms with E-state index >= 15 is 0 Å². The van der Waals surface area contributed by atoms with Gasteiger partial charge in [-0.05, 0) is 25.2 Å². The fourth-order valence-electron chi connectivity index (χ4n) is 3.41. The second-order valence-electron chi connectivity index (χ2n) is 6.80. The molecule has 0 bridgehead atoms. The molecule has 1 aromatic rings. The minimum absolute atomic E-state index is 0.0846. The maximum Gasteiger partial charge on any atom is 0.434 e. The van der Waals surface area contributed by atoms with Crippen molar-refractivity contribution in [3.05, 3.63) is 17.7 Å². The highest BCUT2D eigenvalue weighted by molar-refractivity contribution is 5.73. The zero-order valence-corrected chi connectivity index (χ0v) is 14.2. The van der Waals surface area contributed by atoms with Crippen LogP contribution in [-0.2, 0) is 23.9 Å². The van der Waals surface area contributed by atoms with Crippen molar-refractivity contribution in [3.63, 3.8) is 0 Å². The van der Waals surface area contributed by atoms with Crippen molar-refractivity contribution in [1.29, 1.82) is 0 Å². The number of aryl methyl sites for hydroxylation is 1. The first-order valence-corrected chi connectivity index (χ1v) is 8.56. The van der Waals surface area contributed by atoms with Gasteiger partial charge in [-0.1, -0.05) is 0 Å².